The Hall–Kier alpha value is -3.85. The van der Waals surface area contributed by atoms with Crippen LogP contribution < -0.4 is 4.90 Å². The Balaban J connectivity index is 2.30. The summed E-state index contributed by atoms with van der Waals surface area (Å²) in [5.74, 6) is -1.50. The minimum absolute atomic E-state index is 0.0112. The van der Waals surface area contributed by atoms with Crippen LogP contribution in [0.25, 0.3) is 0 Å². The maximum absolute atomic E-state index is 13.3. The van der Waals surface area contributed by atoms with Crippen molar-refractivity contribution in [3.63, 3.8) is 0 Å². The average molecular weight is 493 g/mol. The summed E-state index contributed by atoms with van der Waals surface area (Å²) in [6.07, 6.45) is -3.81. The zero-order valence-electron chi connectivity index (χ0n) is 18.1. The van der Waals surface area contributed by atoms with Gasteiger partial charge in [-0.15, -0.1) is 0 Å². The standard InChI is InChI=1S/C22H18F3N3O5S/c1-12-18(20(29)30)19(16-8-7-13(11-26)9-17(16)34(3,32)33)27(2)21(31)28(12)15-6-4-5-14(10-15)22(23,24)25/h4-10,19H,1-3H3,(H,29,30)/t19-/m0/s1. The predicted molar refractivity (Wildman–Crippen MR) is 114 cm³/mol. The number of aliphatic carboxylic acids is 1. The summed E-state index contributed by atoms with van der Waals surface area (Å²) in [7, 11) is -2.74. The summed E-state index contributed by atoms with van der Waals surface area (Å²) in [6.45, 7) is 1.26. The van der Waals surface area contributed by atoms with Crippen molar-refractivity contribution in [2.24, 2.45) is 0 Å². The summed E-state index contributed by atoms with van der Waals surface area (Å²) < 4.78 is 64.5. The fraction of sp³-hybridized carbons (Fsp3) is 0.227. The summed E-state index contributed by atoms with van der Waals surface area (Å²) in [6, 6.07) is 7.03. The normalized spacial score (nSPS) is 17.1. The monoisotopic (exact) mass is 493 g/mol. The number of carbonyl (C=O) groups is 2. The van der Waals surface area contributed by atoms with Gasteiger partial charge in [-0.1, -0.05) is 12.1 Å². The van der Waals surface area contributed by atoms with Gasteiger partial charge in [0.25, 0.3) is 0 Å². The van der Waals surface area contributed by atoms with Crippen molar-refractivity contribution >= 4 is 27.5 Å². The number of nitrogens with zero attached hydrogens (tertiary/aromatic N) is 3. The van der Waals surface area contributed by atoms with E-state index < -0.39 is 45.2 Å². The number of rotatable bonds is 4. The van der Waals surface area contributed by atoms with E-state index in [0.29, 0.717) is 0 Å². The van der Waals surface area contributed by atoms with Gasteiger partial charge in [-0.2, -0.15) is 18.4 Å². The third-order valence-corrected chi connectivity index (χ3v) is 6.53. The lowest BCUT2D eigenvalue weighted by atomic mass is 9.92. The Labute approximate surface area is 193 Å². The van der Waals surface area contributed by atoms with Gasteiger partial charge in [0.05, 0.1) is 39.4 Å². The van der Waals surface area contributed by atoms with Gasteiger partial charge in [-0.25, -0.2) is 18.0 Å². The minimum Gasteiger partial charge on any atom is -0.478 e. The quantitative estimate of drug-likeness (QED) is 0.689. The molecule has 34 heavy (non-hydrogen) atoms. The van der Waals surface area contributed by atoms with Gasteiger partial charge >= 0.3 is 18.2 Å². The number of halogens is 3. The Morgan fingerprint density at radius 1 is 1.18 bits per heavy atom. The average Bonchev–Trinajstić information content (AvgIpc) is 2.74. The molecule has 1 aliphatic heterocycles. The smallest absolute Gasteiger partial charge is 0.416 e. The van der Waals surface area contributed by atoms with E-state index >= 15 is 0 Å². The first-order chi connectivity index (χ1) is 15.7. The number of hydrogen-bond acceptors (Lipinski definition) is 5. The molecule has 0 aromatic heterocycles. The van der Waals surface area contributed by atoms with Crippen LogP contribution >= 0.6 is 0 Å². The zero-order valence-corrected chi connectivity index (χ0v) is 18.9. The topological polar surface area (TPSA) is 119 Å². The molecule has 8 nitrogen and oxygen atoms in total. The second kappa shape index (κ2) is 8.49. The largest absolute Gasteiger partial charge is 0.478 e. The number of anilines is 1. The molecule has 0 radical (unpaired) electrons. The molecular weight excluding hydrogens is 475 g/mol. The molecule has 2 aromatic carbocycles. The van der Waals surface area contributed by atoms with Gasteiger partial charge < -0.3 is 10.0 Å². The highest BCUT2D eigenvalue weighted by Gasteiger charge is 2.42. The van der Waals surface area contributed by atoms with Crippen LogP contribution in [0, 0.1) is 11.3 Å². The molecule has 2 amide bonds. The van der Waals surface area contributed by atoms with Crippen LogP contribution in [0.15, 0.2) is 58.6 Å². The van der Waals surface area contributed by atoms with E-state index in [2.05, 4.69) is 0 Å². The van der Waals surface area contributed by atoms with Gasteiger partial charge in [0.1, 0.15) is 0 Å². The Kier molecular flexibility index (Phi) is 6.19. The minimum atomic E-state index is -4.69. The number of carboxylic acids is 1. The molecule has 3 rings (SSSR count). The maximum Gasteiger partial charge on any atom is 0.416 e. The molecule has 1 heterocycles. The highest BCUT2D eigenvalue weighted by Crippen LogP contribution is 2.41. The number of carbonyl (C=O) groups excluding carboxylic acids is 1. The third-order valence-electron chi connectivity index (χ3n) is 5.38. The summed E-state index contributed by atoms with van der Waals surface area (Å²) in [4.78, 5) is 27.0. The SMILES string of the molecule is CC1=C(C(=O)O)[C@H](c2ccc(C#N)cc2S(C)(=O)=O)N(C)C(=O)N1c1cccc(C(F)(F)F)c1. The highest BCUT2D eigenvalue weighted by atomic mass is 32.2. The number of benzene rings is 2. The molecule has 0 saturated heterocycles. The van der Waals surface area contributed by atoms with E-state index in [4.69, 9.17) is 5.26 Å². The third kappa shape index (κ3) is 4.34. The van der Waals surface area contributed by atoms with Crippen LogP contribution in [0.3, 0.4) is 0 Å². The van der Waals surface area contributed by atoms with Crippen molar-refractivity contribution in [1.82, 2.24) is 4.90 Å². The molecule has 2 aromatic rings. The number of alkyl halides is 3. The van der Waals surface area contributed by atoms with E-state index in [1.807, 2.05) is 0 Å². The predicted octanol–water partition coefficient (Wildman–Crippen LogP) is 3.95. The van der Waals surface area contributed by atoms with Crippen molar-refractivity contribution in [1.29, 1.82) is 5.26 Å². The maximum atomic E-state index is 13.3. The first-order valence-corrected chi connectivity index (χ1v) is 11.5. The summed E-state index contributed by atoms with van der Waals surface area (Å²) >= 11 is 0. The van der Waals surface area contributed by atoms with Crippen molar-refractivity contribution < 1.29 is 36.3 Å². The van der Waals surface area contributed by atoms with Crippen molar-refractivity contribution in [3.8, 4) is 6.07 Å². The summed E-state index contributed by atoms with van der Waals surface area (Å²) in [5.41, 5.74) is -1.86. The van der Waals surface area contributed by atoms with E-state index in [1.54, 1.807) is 6.07 Å². The second-order valence-electron chi connectivity index (χ2n) is 7.62. The molecule has 1 N–H and O–H groups in total. The number of likely N-dealkylation sites (N-methyl/N-ethyl adjacent to an activating group) is 1. The van der Waals surface area contributed by atoms with E-state index in [9.17, 15) is 36.3 Å². The first-order valence-electron chi connectivity index (χ1n) is 9.60. The molecule has 0 aliphatic carbocycles. The first kappa shape index (κ1) is 24.8. The Morgan fingerprint density at radius 2 is 1.82 bits per heavy atom. The number of nitriles is 1. The lowest BCUT2D eigenvalue weighted by Crippen LogP contribution is -2.49. The molecule has 0 unspecified atom stereocenters. The number of hydrogen-bond donors (Lipinski definition) is 1. The fourth-order valence-corrected chi connectivity index (χ4v) is 4.78. The van der Waals surface area contributed by atoms with Crippen molar-refractivity contribution in [2.45, 2.75) is 24.0 Å². The van der Waals surface area contributed by atoms with Crippen LogP contribution in [0.2, 0.25) is 0 Å². The van der Waals surface area contributed by atoms with Crippen LogP contribution in [0.4, 0.5) is 23.7 Å². The Bertz CT molecular complexity index is 1380. The number of amides is 2. The number of urea groups is 1. The molecular formula is C22H18F3N3O5S. The molecule has 0 fully saturated rings. The van der Waals surface area contributed by atoms with Gasteiger partial charge in [0.15, 0.2) is 9.84 Å². The lowest BCUT2D eigenvalue weighted by molar-refractivity contribution is -0.137. The zero-order chi connectivity index (χ0) is 25.6. The molecule has 0 bridgehead atoms. The van der Waals surface area contributed by atoms with Gasteiger partial charge in [-0.05, 0) is 42.8 Å². The molecule has 0 saturated carbocycles. The number of allylic oxidation sites excluding steroid dienone is 1. The summed E-state index contributed by atoms with van der Waals surface area (Å²) in [5, 5.41) is 19.1. The second-order valence-corrected chi connectivity index (χ2v) is 9.60. The number of carboxylic acid groups (broad SMARTS) is 1. The van der Waals surface area contributed by atoms with E-state index in [-0.39, 0.29) is 27.4 Å². The van der Waals surface area contributed by atoms with Crippen molar-refractivity contribution in [2.75, 3.05) is 18.2 Å². The fourth-order valence-electron chi connectivity index (χ4n) is 3.84. The molecule has 12 heteroatoms. The van der Waals surface area contributed by atoms with Crippen LogP contribution in [-0.2, 0) is 20.8 Å². The van der Waals surface area contributed by atoms with Crippen molar-refractivity contribution in [3.05, 3.63) is 70.4 Å². The molecule has 1 aliphatic rings. The molecule has 0 spiro atoms. The van der Waals surface area contributed by atoms with E-state index in [0.717, 1.165) is 40.3 Å². The van der Waals surface area contributed by atoms with E-state index in [1.165, 1.54) is 32.2 Å². The Morgan fingerprint density at radius 3 is 2.35 bits per heavy atom. The highest BCUT2D eigenvalue weighted by molar-refractivity contribution is 7.90. The van der Waals surface area contributed by atoms with Crippen LogP contribution in [0.5, 0.6) is 0 Å². The lowest BCUT2D eigenvalue weighted by Gasteiger charge is -2.41. The van der Waals surface area contributed by atoms with Crippen LogP contribution in [-0.4, -0.2) is 43.7 Å². The molecule has 178 valence electrons. The van der Waals surface area contributed by atoms with Gasteiger partial charge in [0.2, 0.25) is 0 Å². The number of sulfone groups is 1. The van der Waals surface area contributed by atoms with Gasteiger partial charge in [-0.3, -0.25) is 4.90 Å². The molecule has 1 atom stereocenters. The van der Waals surface area contributed by atoms with Gasteiger partial charge in [0, 0.05) is 19.0 Å². The van der Waals surface area contributed by atoms with Crippen LogP contribution in [0.1, 0.15) is 29.7 Å².